The smallest absolute Gasteiger partial charge is 0.323 e. The second-order valence-corrected chi connectivity index (χ2v) is 4.76. The topological polar surface area (TPSA) is 90.0 Å². The number of carboxylic acid groups (broad SMARTS) is 1. The van der Waals surface area contributed by atoms with Gasteiger partial charge in [0, 0.05) is 25.3 Å². The first-order chi connectivity index (χ1) is 10.4. The first kappa shape index (κ1) is 15.7. The summed E-state index contributed by atoms with van der Waals surface area (Å²) in [4.78, 5) is 37.1. The van der Waals surface area contributed by atoms with E-state index in [1.54, 1.807) is 6.92 Å². The fraction of sp³-hybridized carbons (Fsp3) is 0.357. The van der Waals surface area contributed by atoms with Crippen molar-refractivity contribution in [3.8, 4) is 0 Å². The number of rotatable bonds is 5. The van der Waals surface area contributed by atoms with Gasteiger partial charge in [0.05, 0.1) is 5.56 Å². The van der Waals surface area contributed by atoms with Gasteiger partial charge >= 0.3 is 12.0 Å². The van der Waals surface area contributed by atoms with Crippen molar-refractivity contribution in [1.82, 2.24) is 10.2 Å². The molecule has 1 aromatic carbocycles. The van der Waals surface area contributed by atoms with Crippen molar-refractivity contribution in [2.24, 2.45) is 0 Å². The van der Waals surface area contributed by atoms with E-state index in [4.69, 9.17) is 5.11 Å². The van der Waals surface area contributed by atoms with Crippen LogP contribution in [-0.4, -0.2) is 54.1 Å². The van der Waals surface area contributed by atoms with Crippen LogP contribution in [0.4, 0.5) is 14.9 Å². The predicted molar refractivity (Wildman–Crippen MR) is 76.4 cm³/mol. The highest BCUT2D eigenvalue weighted by atomic mass is 19.1. The number of carbonyl (C=O) groups is 3. The molecule has 1 aliphatic heterocycles. The number of aliphatic carboxylic acids is 1. The van der Waals surface area contributed by atoms with Crippen LogP contribution in [0, 0.1) is 5.82 Å². The van der Waals surface area contributed by atoms with Crippen LogP contribution >= 0.6 is 0 Å². The highest BCUT2D eigenvalue weighted by Crippen LogP contribution is 2.21. The molecule has 0 unspecified atom stereocenters. The molecule has 3 amide bonds. The number of benzene rings is 1. The van der Waals surface area contributed by atoms with Crippen LogP contribution in [0.2, 0.25) is 0 Å². The number of nitrogens with one attached hydrogen (secondary N) is 1. The van der Waals surface area contributed by atoms with Gasteiger partial charge in [-0.25, -0.2) is 9.18 Å². The summed E-state index contributed by atoms with van der Waals surface area (Å²) in [6.45, 7) is 2.13. The molecule has 118 valence electrons. The Labute approximate surface area is 126 Å². The lowest BCUT2D eigenvalue weighted by Crippen LogP contribution is -2.36. The van der Waals surface area contributed by atoms with E-state index in [-0.39, 0.29) is 18.1 Å². The normalized spacial score (nSPS) is 13.9. The Hall–Kier alpha value is -2.64. The average Bonchev–Trinajstić information content (AvgIpc) is 2.90. The van der Waals surface area contributed by atoms with Crippen LogP contribution in [0.1, 0.15) is 17.3 Å². The lowest BCUT2D eigenvalue weighted by Gasteiger charge is -2.20. The van der Waals surface area contributed by atoms with Gasteiger partial charge in [-0.3, -0.25) is 14.5 Å². The summed E-state index contributed by atoms with van der Waals surface area (Å²) in [5.41, 5.74) is 0.145. The first-order valence-electron chi connectivity index (χ1n) is 6.80. The molecule has 1 aromatic rings. The SMILES string of the molecule is CCN(CC(=O)O)C(=O)c1cc(N2CCNC2=O)ccc1F. The highest BCUT2D eigenvalue weighted by Gasteiger charge is 2.25. The summed E-state index contributed by atoms with van der Waals surface area (Å²) >= 11 is 0. The van der Waals surface area contributed by atoms with E-state index in [2.05, 4.69) is 5.32 Å². The molecular weight excluding hydrogens is 293 g/mol. The Balaban J connectivity index is 2.31. The molecule has 0 bridgehead atoms. The van der Waals surface area contributed by atoms with Crippen LogP contribution in [0.15, 0.2) is 18.2 Å². The molecule has 0 spiro atoms. The number of likely N-dealkylation sites (N-methyl/N-ethyl adjacent to an activating group) is 1. The van der Waals surface area contributed by atoms with Crippen LogP contribution in [0.25, 0.3) is 0 Å². The molecule has 1 heterocycles. The highest BCUT2D eigenvalue weighted by molar-refractivity contribution is 5.99. The monoisotopic (exact) mass is 309 g/mol. The molecule has 0 atom stereocenters. The Morgan fingerprint density at radius 3 is 2.73 bits per heavy atom. The molecule has 1 saturated heterocycles. The number of nitrogens with zero attached hydrogens (tertiary/aromatic N) is 2. The van der Waals surface area contributed by atoms with Crippen LogP contribution in [0.5, 0.6) is 0 Å². The van der Waals surface area contributed by atoms with E-state index in [0.29, 0.717) is 18.8 Å². The zero-order valence-corrected chi connectivity index (χ0v) is 12.0. The minimum Gasteiger partial charge on any atom is -0.480 e. The molecule has 8 heteroatoms. The molecular formula is C14H16FN3O4. The van der Waals surface area contributed by atoms with Gasteiger partial charge in [-0.2, -0.15) is 0 Å². The van der Waals surface area contributed by atoms with E-state index in [0.717, 1.165) is 11.0 Å². The van der Waals surface area contributed by atoms with Gasteiger partial charge in [0.1, 0.15) is 12.4 Å². The van der Waals surface area contributed by atoms with Gasteiger partial charge in [-0.1, -0.05) is 0 Å². The fourth-order valence-electron chi connectivity index (χ4n) is 2.22. The zero-order valence-electron chi connectivity index (χ0n) is 12.0. The van der Waals surface area contributed by atoms with Gasteiger partial charge < -0.3 is 15.3 Å². The van der Waals surface area contributed by atoms with Gasteiger partial charge in [-0.05, 0) is 25.1 Å². The van der Waals surface area contributed by atoms with Crippen LogP contribution < -0.4 is 10.2 Å². The summed E-state index contributed by atoms with van der Waals surface area (Å²) in [5.74, 6) is -2.65. The second kappa shape index (κ2) is 6.42. The van der Waals surface area contributed by atoms with Gasteiger partial charge in [0.25, 0.3) is 5.91 Å². The predicted octanol–water partition coefficient (Wildman–Crippen LogP) is 0.902. The minimum absolute atomic E-state index is 0.138. The Bertz CT molecular complexity index is 620. The second-order valence-electron chi connectivity index (χ2n) is 4.76. The number of carbonyl (C=O) groups excluding carboxylic acids is 2. The van der Waals surface area contributed by atoms with Crippen molar-refractivity contribution in [2.45, 2.75) is 6.92 Å². The summed E-state index contributed by atoms with van der Waals surface area (Å²) in [6, 6.07) is 3.46. The fourth-order valence-corrected chi connectivity index (χ4v) is 2.22. The molecule has 7 nitrogen and oxygen atoms in total. The van der Waals surface area contributed by atoms with Crippen LogP contribution in [0.3, 0.4) is 0 Å². The van der Waals surface area contributed by atoms with Gasteiger partial charge in [0.2, 0.25) is 0 Å². The van der Waals surface area contributed by atoms with Crippen molar-refractivity contribution < 1.29 is 23.9 Å². The van der Waals surface area contributed by atoms with Crippen molar-refractivity contribution in [1.29, 1.82) is 0 Å². The third kappa shape index (κ3) is 3.16. The minimum atomic E-state index is -1.18. The average molecular weight is 309 g/mol. The van der Waals surface area contributed by atoms with E-state index in [9.17, 15) is 18.8 Å². The Kier molecular flexibility index (Phi) is 4.59. The summed E-state index contributed by atoms with van der Waals surface area (Å²) < 4.78 is 13.9. The largest absolute Gasteiger partial charge is 0.480 e. The number of amides is 3. The van der Waals surface area contributed by atoms with E-state index < -0.39 is 24.2 Å². The third-order valence-corrected chi connectivity index (χ3v) is 3.34. The molecule has 2 N–H and O–H groups in total. The number of hydrogen-bond acceptors (Lipinski definition) is 3. The molecule has 0 saturated carbocycles. The molecule has 0 radical (unpaired) electrons. The first-order valence-corrected chi connectivity index (χ1v) is 6.80. The molecule has 0 aromatic heterocycles. The summed E-state index contributed by atoms with van der Waals surface area (Å²) in [7, 11) is 0. The van der Waals surface area contributed by atoms with Gasteiger partial charge in [-0.15, -0.1) is 0 Å². The van der Waals surface area contributed by atoms with Crippen LogP contribution in [-0.2, 0) is 4.79 Å². The number of hydrogen-bond donors (Lipinski definition) is 2. The van der Waals surface area contributed by atoms with E-state index >= 15 is 0 Å². The lowest BCUT2D eigenvalue weighted by molar-refractivity contribution is -0.137. The Morgan fingerprint density at radius 2 is 2.18 bits per heavy atom. The molecule has 1 fully saturated rings. The number of halogens is 1. The Morgan fingerprint density at radius 1 is 1.45 bits per heavy atom. The molecule has 22 heavy (non-hydrogen) atoms. The molecule has 0 aliphatic carbocycles. The maximum absolute atomic E-state index is 13.9. The number of carboxylic acids is 1. The lowest BCUT2D eigenvalue weighted by atomic mass is 10.1. The van der Waals surface area contributed by atoms with E-state index in [1.165, 1.54) is 17.0 Å². The number of urea groups is 1. The molecule has 2 rings (SSSR count). The standard InChI is InChI=1S/C14H16FN3O4/c1-2-17(8-12(19)20)13(21)10-7-9(3-4-11(10)15)18-6-5-16-14(18)22/h3-4,7H,2,5-6,8H2,1H3,(H,16,22)(H,19,20). The maximum Gasteiger partial charge on any atom is 0.323 e. The summed E-state index contributed by atoms with van der Waals surface area (Å²) in [5, 5.41) is 11.4. The third-order valence-electron chi connectivity index (χ3n) is 3.34. The summed E-state index contributed by atoms with van der Waals surface area (Å²) in [6.07, 6.45) is 0. The zero-order chi connectivity index (χ0) is 16.3. The van der Waals surface area contributed by atoms with Crippen molar-refractivity contribution in [3.05, 3.63) is 29.6 Å². The molecule has 1 aliphatic rings. The van der Waals surface area contributed by atoms with E-state index in [1.807, 2.05) is 0 Å². The quantitative estimate of drug-likeness (QED) is 0.845. The van der Waals surface area contributed by atoms with Crippen molar-refractivity contribution >= 4 is 23.6 Å². The maximum atomic E-state index is 13.9. The van der Waals surface area contributed by atoms with Gasteiger partial charge in [0.15, 0.2) is 0 Å². The van der Waals surface area contributed by atoms with Crippen molar-refractivity contribution in [2.75, 3.05) is 31.1 Å². The van der Waals surface area contributed by atoms with Crippen molar-refractivity contribution in [3.63, 3.8) is 0 Å². The number of anilines is 1.